The molecule has 0 saturated carbocycles. The summed E-state index contributed by atoms with van der Waals surface area (Å²) in [5.74, 6) is 0.144. The Bertz CT molecular complexity index is 284. The van der Waals surface area contributed by atoms with Gasteiger partial charge in [0.15, 0.2) is 5.78 Å². The maximum absolute atomic E-state index is 10.8. The molecule has 0 radical (unpaired) electrons. The first-order valence-corrected chi connectivity index (χ1v) is 4.29. The highest BCUT2D eigenvalue weighted by Gasteiger charge is 2.00. The highest BCUT2D eigenvalue weighted by molar-refractivity contribution is 7.14. The van der Waals surface area contributed by atoms with Crippen molar-refractivity contribution in [3.8, 4) is 0 Å². The summed E-state index contributed by atoms with van der Waals surface area (Å²) >= 11 is 1.53. The van der Waals surface area contributed by atoms with Crippen molar-refractivity contribution in [2.45, 2.75) is 13.8 Å². The van der Waals surface area contributed by atoms with Gasteiger partial charge < -0.3 is 0 Å². The molecule has 0 aromatic carbocycles. The third-order valence-electron chi connectivity index (χ3n) is 1.30. The second-order valence-corrected chi connectivity index (χ2v) is 3.37. The lowest BCUT2D eigenvalue weighted by atomic mass is 10.3. The van der Waals surface area contributed by atoms with Gasteiger partial charge in [-0.1, -0.05) is 6.08 Å². The van der Waals surface area contributed by atoms with E-state index in [2.05, 4.69) is 0 Å². The van der Waals surface area contributed by atoms with E-state index in [4.69, 9.17) is 0 Å². The minimum atomic E-state index is 0.144. The maximum Gasteiger partial charge on any atom is 0.169 e. The Morgan fingerprint density at radius 1 is 1.55 bits per heavy atom. The normalized spacial score (nSPS) is 10.7. The summed E-state index contributed by atoms with van der Waals surface area (Å²) in [6, 6.07) is 3.82. The topological polar surface area (TPSA) is 17.1 Å². The van der Waals surface area contributed by atoms with E-state index in [0.29, 0.717) is 0 Å². The summed E-state index contributed by atoms with van der Waals surface area (Å²) in [4.78, 5) is 12.8. The van der Waals surface area contributed by atoms with Crippen LogP contribution in [0.4, 0.5) is 0 Å². The zero-order valence-electron chi connectivity index (χ0n) is 6.63. The lowest BCUT2D eigenvalue weighted by Gasteiger charge is -1.82. The summed E-state index contributed by atoms with van der Waals surface area (Å²) in [7, 11) is 0. The van der Waals surface area contributed by atoms with Crippen LogP contribution in [0.5, 0.6) is 0 Å². The molecule has 0 aliphatic carbocycles. The molecule has 0 unspecified atom stereocenters. The fraction of sp³-hybridized carbons (Fsp3) is 0.222. The molecule has 0 amide bonds. The molecule has 0 spiro atoms. The standard InChI is InChI=1S/C9H10OS/c1-3-4-8-5-6-9(11-8)7(2)10/h3-6H,1-2H3/b4-3+. The molecule has 0 atom stereocenters. The summed E-state index contributed by atoms with van der Waals surface area (Å²) in [6.45, 7) is 3.55. The second-order valence-electron chi connectivity index (χ2n) is 2.26. The zero-order chi connectivity index (χ0) is 8.27. The third kappa shape index (κ3) is 2.02. The van der Waals surface area contributed by atoms with Gasteiger partial charge in [-0.3, -0.25) is 4.79 Å². The van der Waals surface area contributed by atoms with E-state index in [9.17, 15) is 4.79 Å². The highest BCUT2D eigenvalue weighted by Crippen LogP contribution is 2.17. The summed E-state index contributed by atoms with van der Waals surface area (Å²) in [5, 5.41) is 0. The van der Waals surface area contributed by atoms with E-state index in [1.165, 1.54) is 11.3 Å². The number of rotatable bonds is 2. The lowest BCUT2D eigenvalue weighted by Crippen LogP contribution is -1.83. The van der Waals surface area contributed by atoms with Gasteiger partial charge in [-0.05, 0) is 32.1 Å². The Balaban J connectivity index is 2.90. The van der Waals surface area contributed by atoms with Crippen LogP contribution < -0.4 is 0 Å². The van der Waals surface area contributed by atoms with E-state index in [0.717, 1.165) is 9.75 Å². The maximum atomic E-state index is 10.8. The van der Waals surface area contributed by atoms with Crippen LogP contribution in [0.1, 0.15) is 28.4 Å². The average Bonchev–Trinajstić information content (AvgIpc) is 2.37. The number of allylic oxidation sites excluding steroid dienone is 1. The van der Waals surface area contributed by atoms with Crippen molar-refractivity contribution in [2.24, 2.45) is 0 Å². The van der Waals surface area contributed by atoms with Crippen LogP contribution in [-0.4, -0.2) is 5.78 Å². The smallest absolute Gasteiger partial charge is 0.169 e. The van der Waals surface area contributed by atoms with Crippen LogP contribution in [0.3, 0.4) is 0 Å². The number of hydrogen-bond acceptors (Lipinski definition) is 2. The third-order valence-corrected chi connectivity index (χ3v) is 2.46. The second kappa shape index (κ2) is 3.49. The Labute approximate surface area is 70.4 Å². The lowest BCUT2D eigenvalue weighted by molar-refractivity contribution is 0.102. The van der Waals surface area contributed by atoms with E-state index < -0.39 is 0 Å². The van der Waals surface area contributed by atoms with Crippen LogP contribution >= 0.6 is 11.3 Å². The largest absolute Gasteiger partial charge is 0.294 e. The summed E-state index contributed by atoms with van der Waals surface area (Å²) in [6.07, 6.45) is 3.97. The Kier molecular flexibility index (Phi) is 2.60. The number of carbonyl (C=O) groups excluding carboxylic acids is 1. The van der Waals surface area contributed by atoms with Gasteiger partial charge in [0.1, 0.15) is 0 Å². The molecular formula is C9H10OS. The molecule has 0 aliphatic heterocycles. The fourth-order valence-electron chi connectivity index (χ4n) is 0.796. The summed E-state index contributed by atoms with van der Waals surface area (Å²) in [5.41, 5.74) is 0. The number of ketones is 1. The first-order chi connectivity index (χ1) is 5.24. The molecule has 0 N–H and O–H groups in total. The van der Waals surface area contributed by atoms with Crippen LogP contribution in [0.15, 0.2) is 18.2 Å². The Morgan fingerprint density at radius 3 is 2.73 bits per heavy atom. The van der Waals surface area contributed by atoms with Crippen molar-refractivity contribution in [1.82, 2.24) is 0 Å². The van der Waals surface area contributed by atoms with Gasteiger partial charge in [-0.2, -0.15) is 0 Å². The van der Waals surface area contributed by atoms with Gasteiger partial charge in [0.05, 0.1) is 4.88 Å². The number of hydrogen-bond donors (Lipinski definition) is 0. The number of thiophene rings is 1. The predicted octanol–water partition coefficient (Wildman–Crippen LogP) is 2.98. The molecule has 2 heteroatoms. The molecule has 1 nitrogen and oxygen atoms in total. The summed E-state index contributed by atoms with van der Waals surface area (Å²) < 4.78 is 0. The SMILES string of the molecule is C/C=C/c1ccc(C(C)=O)s1. The quantitative estimate of drug-likeness (QED) is 0.617. The first-order valence-electron chi connectivity index (χ1n) is 3.47. The number of carbonyl (C=O) groups is 1. The fourth-order valence-corrected chi connectivity index (χ4v) is 1.67. The Hall–Kier alpha value is -0.890. The average molecular weight is 166 g/mol. The van der Waals surface area contributed by atoms with Crippen molar-refractivity contribution in [3.63, 3.8) is 0 Å². The van der Waals surface area contributed by atoms with Crippen molar-refractivity contribution in [3.05, 3.63) is 28.0 Å². The zero-order valence-corrected chi connectivity index (χ0v) is 7.44. The van der Waals surface area contributed by atoms with Crippen LogP contribution in [0, 0.1) is 0 Å². The van der Waals surface area contributed by atoms with Crippen LogP contribution in [0.25, 0.3) is 6.08 Å². The molecule has 0 fully saturated rings. The molecule has 0 bridgehead atoms. The predicted molar refractivity (Wildman–Crippen MR) is 49.0 cm³/mol. The molecule has 1 heterocycles. The van der Waals surface area contributed by atoms with Gasteiger partial charge in [-0.25, -0.2) is 0 Å². The molecule has 0 saturated heterocycles. The van der Waals surface area contributed by atoms with E-state index in [1.54, 1.807) is 6.92 Å². The number of Topliss-reactive ketones (excluding diaryl/α,β-unsaturated/α-hetero) is 1. The van der Waals surface area contributed by atoms with E-state index in [1.807, 2.05) is 31.2 Å². The molecule has 11 heavy (non-hydrogen) atoms. The van der Waals surface area contributed by atoms with Crippen LogP contribution in [0.2, 0.25) is 0 Å². The van der Waals surface area contributed by atoms with E-state index >= 15 is 0 Å². The van der Waals surface area contributed by atoms with Crippen molar-refractivity contribution in [1.29, 1.82) is 0 Å². The van der Waals surface area contributed by atoms with Gasteiger partial charge >= 0.3 is 0 Å². The monoisotopic (exact) mass is 166 g/mol. The van der Waals surface area contributed by atoms with Gasteiger partial charge in [0.25, 0.3) is 0 Å². The molecule has 1 rings (SSSR count). The molecule has 58 valence electrons. The van der Waals surface area contributed by atoms with Gasteiger partial charge in [-0.15, -0.1) is 11.3 Å². The highest BCUT2D eigenvalue weighted by atomic mass is 32.1. The molecule has 1 aromatic heterocycles. The minimum Gasteiger partial charge on any atom is -0.294 e. The Morgan fingerprint density at radius 2 is 2.27 bits per heavy atom. The first kappa shape index (κ1) is 8.21. The van der Waals surface area contributed by atoms with Crippen molar-refractivity contribution >= 4 is 23.2 Å². The molecule has 1 aromatic rings. The van der Waals surface area contributed by atoms with Crippen molar-refractivity contribution < 1.29 is 4.79 Å². The molecular weight excluding hydrogens is 156 g/mol. The van der Waals surface area contributed by atoms with Crippen molar-refractivity contribution in [2.75, 3.05) is 0 Å². The minimum absolute atomic E-state index is 0.144. The molecule has 0 aliphatic rings. The van der Waals surface area contributed by atoms with Crippen LogP contribution in [-0.2, 0) is 0 Å². The van der Waals surface area contributed by atoms with E-state index in [-0.39, 0.29) is 5.78 Å². The van der Waals surface area contributed by atoms with Gasteiger partial charge in [0.2, 0.25) is 0 Å². The van der Waals surface area contributed by atoms with Gasteiger partial charge in [0, 0.05) is 4.88 Å².